The van der Waals surface area contributed by atoms with Crippen LogP contribution in [0.15, 0.2) is 29.2 Å². The number of rotatable bonds is 4. The fraction of sp³-hybridized carbons (Fsp3) is 0.647. The van der Waals surface area contributed by atoms with Crippen molar-refractivity contribution < 1.29 is 31.1 Å². The Morgan fingerprint density at radius 1 is 1.11 bits per heavy atom. The molecule has 3 rings (SSSR count). The molecule has 0 radical (unpaired) electrons. The quantitative estimate of drug-likeness (QED) is 0.766. The standard InChI is InChI=1S/C17H23F3N2O4S/c1-13-12-21(10-11-25-13)14-6-8-22(9-7-14)27(23,24)16-4-2-15(3-5-16)26-17(18,19)20/h2-5,13-14H,6-12H2,1H3. The summed E-state index contributed by atoms with van der Waals surface area (Å²) in [6.07, 6.45) is -3.18. The maximum Gasteiger partial charge on any atom is 0.573 e. The number of piperidine rings is 1. The van der Waals surface area contributed by atoms with Crippen molar-refractivity contribution in [2.45, 2.75) is 43.2 Å². The van der Waals surface area contributed by atoms with Crippen molar-refractivity contribution in [2.75, 3.05) is 32.8 Å². The van der Waals surface area contributed by atoms with Crippen LogP contribution in [0, 0.1) is 0 Å². The fourth-order valence-electron chi connectivity index (χ4n) is 3.59. The Labute approximate surface area is 156 Å². The van der Waals surface area contributed by atoms with Crippen LogP contribution in [0.25, 0.3) is 0 Å². The predicted molar refractivity (Wildman–Crippen MR) is 91.9 cm³/mol. The molecule has 152 valence electrons. The van der Waals surface area contributed by atoms with E-state index in [2.05, 4.69) is 9.64 Å². The topological polar surface area (TPSA) is 59.1 Å². The number of hydrogen-bond donors (Lipinski definition) is 0. The second-order valence-electron chi connectivity index (χ2n) is 6.83. The van der Waals surface area contributed by atoms with Crippen molar-refractivity contribution in [1.29, 1.82) is 0 Å². The zero-order valence-corrected chi connectivity index (χ0v) is 15.8. The van der Waals surface area contributed by atoms with Gasteiger partial charge in [0.1, 0.15) is 5.75 Å². The summed E-state index contributed by atoms with van der Waals surface area (Å²) < 4.78 is 72.9. The van der Waals surface area contributed by atoms with E-state index in [0.717, 1.165) is 50.2 Å². The number of nitrogens with zero attached hydrogens (tertiary/aromatic N) is 2. The number of benzene rings is 1. The first kappa shape index (κ1) is 20.4. The van der Waals surface area contributed by atoms with Crippen LogP contribution in [0.2, 0.25) is 0 Å². The normalized spacial score (nSPS) is 24.1. The van der Waals surface area contributed by atoms with Crippen molar-refractivity contribution in [3.05, 3.63) is 24.3 Å². The molecule has 1 aromatic carbocycles. The molecule has 0 spiro atoms. The zero-order chi connectivity index (χ0) is 19.7. The molecule has 0 aromatic heterocycles. The highest BCUT2D eigenvalue weighted by Gasteiger charge is 2.34. The van der Waals surface area contributed by atoms with Crippen LogP contribution in [0.4, 0.5) is 13.2 Å². The van der Waals surface area contributed by atoms with Crippen LogP contribution >= 0.6 is 0 Å². The molecular weight excluding hydrogens is 385 g/mol. The molecule has 6 nitrogen and oxygen atoms in total. The summed E-state index contributed by atoms with van der Waals surface area (Å²) in [7, 11) is -3.73. The minimum Gasteiger partial charge on any atom is -0.406 e. The molecular formula is C17H23F3N2O4S. The second-order valence-corrected chi connectivity index (χ2v) is 8.77. The van der Waals surface area contributed by atoms with Gasteiger partial charge in [-0.05, 0) is 44.0 Å². The lowest BCUT2D eigenvalue weighted by Crippen LogP contribution is -2.51. The van der Waals surface area contributed by atoms with Gasteiger partial charge in [-0.2, -0.15) is 4.31 Å². The number of ether oxygens (including phenoxy) is 2. The van der Waals surface area contributed by atoms with E-state index in [-0.39, 0.29) is 11.0 Å². The van der Waals surface area contributed by atoms with Gasteiger partial charge in [0.15, 0.2) is 0 Å². The molecule has 2 aliphatic heterocycles. The van der Waals surface area contributed by atoms with Gasteiger partial charge in [0.2, 0.25) is 10.0 Å². The van der Waals surface area contributed by atoms with Gasteiger partial charge in [-0.1, -0.05) is 0 Å². The Kier molecular flexibility index (Phi) is 5.99. The predicted octanol–water partition coefficient (Wildman–Crippen LogP) is 2.46. The molecule has 2 fully saturated rings. The molecule has 0 N–H and O–H groups in total. The number of hydrogen-bond acceptors (Lipinski definition) is 5. The van der Waals surface area contributed by atoms with Gasteiger partial charge in [0, 0.05) is 32.2 Å². The summed E-state index contributed by atoms with van der Waals surface area (Å²) >= 11 is 0. The van der Waals surface area contributed by atoms with Crippen molar-refractivity contribution in [2.24, 2.45) is 0 Å². The monoisotopic (exact) mass is 408 g/mol. The van der Waals surface area contributed by atoms with Crippen LogP contribution in [-0.4, -0.2) is 68.9 Å². The highest BCUT2D eigenvalue weighted by molar-refractivity contribution is 7.89. The van der Waals surface area contributed by atoms with Crippen LogP contribution in [0.5, 0.6) is 5.75 Å². The summed E-state index contributed by atoms with van der Waals surface area (Å²) in [6.45, 7) is 5.18. The van der Waals surface area contributed by atoms with Gasteiger partial charge in [0.05, 0.1) is 17.6 Å². The van der Waals surface area contributed by atoms with Crippen LogP contribution < -0.4 is 4.74 Å². The molecule has 1 atom stereocenters. The van der Waals surface area contributed by atoms with Crippen LogP contribution in [0.3, 0.4) is 0 Å². The molecule has 27 heavy (non-hydrogen) atoms. The molecule has 0 bridgehead atoms. The number of morpholine rings is 1. The maximum absolute atomic E-state index is 12.7. The fourth-order valence-corrected chi connectivity index (χ4v) is 5.06. The Morgan fingerprint density at radius 3 is 2.30 bits per heavy atom. The van der Waals surface area contributed by atoms with E-state index < -0.39 is 22.1 Å². The summed E-state index contributed by atoms with van der Waals surface area (Å²) in [6, 6.07) is 4.65. The highest BCUT2D eigenvalue weighted by atomic mass is 32.2. The van der Waals surface area contributed by atoms with E-state index in [0.29, 0.717) is 25.7 Å². The van der Waals surface area contributed by atoms with Crippen molar-refractivity contribution >= 4 is 10.0 Å². The smallest absolute Gasteiger partial charge is 0.406 e. The molecule has 0 aliphatic carbocycles. The number of sulfonamides is 1. The van der Waals surface area contributed by atoms with E-state index in [1.54, 1.807) is 0 Å². The van der Waals surface area contributed by atoms with E-state index in [4.69, 9.17) is 4.74 Å². The molecule has 1 aromatic rings. The third-order valence-electron chi connectivity index (χ3n) is 4.91. The first-order chi connectivity index (χ1) is 12.6. The molecule has 0 amide bonds. The minimum atomic E-state index is -4.81. The van der Waals surface area contributed by atoms with Gasteiger partial charge in [-0.3, -0.25) is 4.90 Å². The average Bonchev–Trinajstić information content (AvgIpc) is 2.61. The van der Waals surface area contributed by atoms with Gasteiger partial charge >= 0.3 is 6.36 Å². The lowest BCUT2D eigenvalue weighted by atomic mass is 10.0. The summed E-state index contributed by atoms with van der Waals surface area (Å²) in [5.74, 6) is -0.443. The molecule has 10 heteroatoms. The Balaban J connectivity index is 1.61. The second kappa shape index (κ2) is 7.94. The number of alkyl halides is 3. The average molecular weight is 408 g/mol. The third-order valence-corrected chi connectivity index (χ3v) is 6.82. The van der Waals surface area contributed by atoms with Gasteiger partial charge in [-0.15, -0.1) is 13.2 Å². The van der Waals surface area contributed by atoms with E-state index in [1.165, 1.54) is 4.31 Å². The van der Waals surface area contributed by atoms with Crippen molar-refractivity contribution in [3.8, 4) is 5.75 Å². The zero-order valence-electron chi connectivity index (χ0n) is 15.0. The molecule has 0 saturated carbocycles. The first-order valence-corrected chi connectivity index (χ1v) is 10.3. The first-order valence-electron chi connectivity index (χ1n) is 8.87. The highest BCUT2D eigenvalue weighted by Crippen LogP contribution is 2.27. The maximum atomic E-state index is 12.7. The summed E-state index contributed by atoms with van der Waals surface area (Å²) in [5, 5.41) is 0. The Morgan fingerprint density at radius 2 is 1.74 bits per heavy atom. The Bertz CT molecular complexity index is 732. The number of halogens is 3. The van der Waals surface area contributed by atoms with E-state index in [9.17, 15) is 21.6 Å². The van der Waals surface area contributed by atoms with Crippen LogP contribution in [0.1, 0.15) is 19.8 Å². The Hall–Kier alpha value is -1.36. The minimum absolute atomic E-state index is 0.0320. The van der Waals surface area contributed by atoms with E-state index >= 15 is 0 Å². The molecule has 2 aliphatic rings. The molecule has 2 saturated heterocycles. The van der Waals surface area contributed by atoms with Crippen molar-refractivity contribution in [1.82, 2.24) is 9.21 Å². The molecule has 2 heterocycles. The van der Waals surface area contributed by atoms with Crippen LogP contribution in [-0.2, 0) is 14.8 Å². The van der Waals surface area contributed by atoms with Gasteiger partial charge in [0.25, 0.3) is 0 Å². The van der Waals surface area contributed by atoms with Crippen molar-refractivity contribution in [3.63, 3.8) is 0 Å². The lowest BCUT2D eigenvalue weighted by Gasteiger charge is -2.41. The summed E-state index contributed by atoms with van der Waals surface area (Å²) in [5.41, 5.74) is 0. The largest absolute Gasteiger partial charge is 0.573 e. The molecule has 1 unspecified atom stereocenters. The lowest BCUT2D eigenvalue weighted by molar-refractivity contribution is -0.274. The van der Waals surface area contributed by atoms with E-state index in [1.807, 2.05) is 6.92 Å². The van der Waals surface area contributed by atoms with Gasteiger partial charge < -0.3 is 9.47 Å². The SMILES string of the molecule is CC1CN(C2CCN(S(=O)(=O)c3ccc(OC(F)(F)F)cc3)CC2)CCO1. The third kappa shape index (κ3) is 5.13. The van der Waals surface area contributed by atoms with Gasteiger partial charge in [-0.25, -0.2) is 8.42 Å². The summed E-state index contributed by atoms with van der Waals surface area (Å²) in [4.78, 5) is 2.32.